The molecule has 17 heavy (non-hydrogen) atoms. The van der Waals surface area contributed by atoms with Gasteiger partial charge in [-0.3, -0.25) is 0 Å². The van der Waals surface area contributed by atoms with Crippen LogP contribution >= 0.6 is 23.2 Å². The van der Waals surface area contributed by atoms with Crippen molar-refractivity contribution in [2.75, 3.05) is 0 Å². The van der Waals surface area contributed by atoms with Crippen LogP contribution in [-0.4, -0.2) is 0 Å². The van der Waals surface area contributed by atoms with Crippen molar-refractivity contribution in [1.82, 2.24) is 0 Å². The molecule has 0 heterocycles. The highest BCUT2D eigenvalue weighted by atomic mass is 35.5. The second kappa shape index (κ2) is 5.39. The summed E-state index contributed by atoms with van der Waals surface area (Å²) in [5, 5.41) is 0.237. The lowest BCUT2D eigenvalue weighted by molar-refractivity contribution is 0.480. The van der Waals surface area contributed by atoms with Gasteiger partial charge in [0.1, 0.15) is 17.3 Å². The summed E-state index contributed by atoms with van der Waals surface area (Å²) < 4.78 is 18.4. The number of benzene rings is 2. The SMILES string of the molecule is Fc1ccc(Oc2cccc(CCl)c2)c(Cl)c1. The van der Waals surface area contributed by atoms with Crippen LogP contribution in [0.3, 0.4) is 0 Å². The number of halogens is 3. The second-order valence-corrected chi connectivity index (χ2v) is 4.13. The molecular formula is C13H9Cl2FO. The molecule has 0 saturated carbocycles. The van der Waals surface area contributed by atoms with Crippen LogP contribution in [-0.2, 0) is 5.88 Å². The molecule has 0 N–H and O–H groups in total. The molecule has 4 heteroatoms. The molecule has 2 aromatic rings. The van der Waals surface area contributed by atoms with E-state index in [1.807, 2.05) is 18.2 Å². The maximum absolute atomic E-state index is 12.8. The Bertz CT molecular complexity index is 529. The van der Waals surface area contributed by atoms with Crippen LogP contribution in [0.25, 0.3) is 0 Å². The van der Waals surface area contributed by atoms with Gasteiger partial charge in [0.15, 0.2) is 0 Å². The van der Waals surface area contributed by atoms with E-state index in [-0.39, 0.29) is 5.02 Å². The van der Waals surface area contributed by atoms with Crippen LogP contribution in [0.4, 0.5) is 4.39 Å². The highest BCUT2D eigenvalue weighted by Gasteiger charge is 2.04. The highest BCUT2D eigenvalue weighted by molar-refractivity contribution is 6.32. The molecule has 0 spiro atoms. The van der Waals surface area contributed by atoms with Crippen molar-refractivity contribution < 1.29 is 9.13 Å². The minimum atomic E-state index is -0.392. The van der Waals surface area contributed by atoms with Gasteiger partial charge in [0.05, 0.1) is 5.02 Å². The Morgan fingerprint density at radius 3 is 2.65 bits per heavy atom. The van der Waals surface area contributed by atoms with Crippen molar-refractivity contribution in [2.45, 2.75) is 5.88 Å². The molecule has 88 valence electrons. The van der Waals surface area contributed by atoms with E-state index in [2.05, 4.69) is 0 Å². The van der Waals surface area contributed by atoms with Gasteiger partial charge in [-0.2, -0.15) is 0 Å². The molecule has 0 radical (unpaired) electrons. The van der Waals surface area contributed by atoms with Crippen LogP contribution in [0, 0.1) is 5.82 Å². The Kier molecular flexibility index (Phi) is 3.87. The van der Waals surface area contributed by atoms with Crippen LogP contribution in [0.2, 0.25) is 5.02 Å². The summed E-state index contributed by atoms with van der Waals surface area (Å²) in [7, 11) is 0. The third-order valence-corrected chi connectivity index (χ3v) is 2.78. The van der Waals surface area contributed by atoms with Crippen LogP contribution in [0.5, 0.6) is 11.5 Å². The second-order valence-electron chi connectivity index (χ2n) is 3.46. The van der Waals surface area contributed by atoms with Crippen molar-refractivity contribution in [3.05, 3.63) is 58.9 Å². The molecule has 2 aromatic carbocycles. The summed E-state index contributed by atoms with van der Waals surface area (Å²) in [6.45, 7) is 0. The maximum Gasteiger partial charge on any atom is 0.146 e. The lowest BCUT2D eigenvalue weighted by Crippen LogP contribution is -1.87. The first kappa shape index (κ1) is 12.2. The van der Waals surface area contributed by atoms with E-state index in [1.165, 1.54) is 18.2 Å². The van der Waals surface area contributed by atoms with E-state index < -0.39 is 5.82 Å². The van der Waals surface area contributed by atoms with Crippen LogP contribution < -0.4 is 4.74 Å². The zero-order chi connectivity index (χ0) is 12.3. The molecule has 0 unspecified atom stereocenters. The summed E-state index contributed by atoms with van der Waals surface area (Å²) in [5.41, 5.74) is 0.947. The van der Waals surface area contributed by atoms with Gasteiger partial charge in [0, 0.05) is 5.88 Å². The smallest absolute Gasteiger partial charge is 0.146 e. The zero-order valence-corrected chi connectivity index (χ0v) is 10.3. The van der Waals surface area contributed by atoms with Gasteiger partial charge in [-0.05, 0) is 35.9 Å². The molecule has 0 saturated heterocycles. The Balaban J connectivity index is 2.25. The van der Waals surface area contributed by atoms with E-state index in [9.17, 15) is 4.39 Å². The predicted octanol–water partition coefficient (Wildman–Crippen LogP) is 5.01. The molecule has 0 aromatic heterocycles. The van der Waals surface area contributed by atoms with E-state index >= 15 is 0 Å². The Labute approximate surface area is 109 Å². The Morgan fingerprint density at radius 1 is 1.12 bits per heavy atom. The molecule has 0 amide bonds. The predicted molar refractivity (Wildman–Crippen MR) is 67.5 cm³/mol. The molecule has 0 aliphatic heterocycles. The van der Waals surface area contributed by atoms with Crippen LogP contribution in [0.1, 0.15) is 5.56 Å². The summed E-state index contributed by atoms with van der Waals surface area (Å²) in [5.74, 6) is 1.06. The van der Waals surface area contributed by atoms with Gasteiger partial charge in [0.25, 0.3) is 0 Å². The Morgan fingerprint density at radius 2 is 1.94 bits per heavy atom. The fourth-order valence-electron chi connectivity index (χ4n) is 1.38. The maximum atomic E-state index is 12.8. The summed E-state index contributed by atoms with van der Waals surface area (Å²) >= 11 is 11.6. The van der Waals surface area contributed by atoms with E-state index in [4.69, 9.17) is 27.9 Å². The van der Waals surface area contributed by atoms with Crippen LogP contribution in [0.15, 0.2) is 42.5 Å². The minimum Gasteiger partial charge on any atom is -0.456 e. The third kappa shape index (κ3) is 3.11. The molecule has 0 aliphatic rings. The lowest BCUT2D eigenvalue weighted by Gasteiger charge is -2.08. The minimum absolute atomic E-state index is 0.237. The normalized spacial score (nSPS) is 10.3. The van der Waals surface area contributed by atoms with E-state index in [0.717, 1.165) is 5.56 Å². The number of ether oxygens (including phenoxy) is 1. The molecular weight excluding hydrogens is 262 g/mol. The number of rotatable bonds is 3. The van der Waals surface area contributed by atoms with E-state index in [0.29, 0.717) is 17.4 Å². The van der Waals surface area contributed by atoms with Gasteiger partial charge in [-0.25, -0.2) is 4.39 Å². The molecule has 0 aliphatic carbocycles. The molecule has 2 rings (SSSR count). The first-order valence-corrected chi connectivity index (χ1v) is 5.88. The summed E-state index contributed by atoms with van der Waals surface area (Å²) in [4.78, 5) is 0. The fraction of sp³-hybridized carbons (Fsp3) is 0.0769. The van der Waals surface area contributed by atoms with Gasteiger partial charge in [-0.15, -0.1) is 11.6 Å². The van der Waals surface area contributed by atoms with Gasteiger partial charge in [0.2, 0.25) is 0 Å². The van der Waals surface area contributed by atoms with Crippen molar-refractivity contribution in [3.8, 4) is 11.5 Å². The quantitative estimate of drug-likeness (QED) is 0.713. The fourth-order valence-corrected chi connectivity index (χ4v) is 1.75. The number of alkyl halides is 1. The summed E-state index contributed by atoms with van der Waals surface area (Å²) in [6, 6.07) is 11.3. The summed E-state index contributed by atoms with van der Waals surface area (Å²) in [6.07, 6.45) is 0. The molecule has 0 bridgehead atoms. The Hall–Kier alpha value is -1.25. The molecule has 1 nitrogen and oxygen atoms in total. The largest absolute Gasteiger partial charge is 0.456 e. The topological polar surface area (TPSA) is 9.23 Å². The van der Waals surface area contributed by atoms with Gasteiger partial charge < -0.3 is 4.74 Å². The van der Waals surface area contributed by atoms with Crippen molar-refractivity contribution in [1.29, 1.82) is 0 Å². The van der Waals surface area contributed by atoms with Gasteiger partial charge >= 0.3 is 0 Å². The van der Waals surface area contributed by atoms with Crippen molar-refractivity contribution in [3.63, 3.8) is 0 Å². The standard InChI is InChI=1S/C13H9Cl2FO/c14-8-9-2-1-3-11(6-9)17-13-5-4-10(16)7-12(13)15/h1-7H,8H2. The monoisotopic (exact) mass is 270 g/mol. The third-order valence-electron chi connectivity index (χ3n) is 2.17. The average Bonchev–Trinajstić information content (AvgIpc) is 2.33. The molecule has 0 atom stereocenters. The first-order chi connectivity index (χ1) is 8.19. The van der Waals surface area contributed by atoms with Crippen molar-refractivity contribution >= 4 is 23.2 Å². The zero-order valence-electron chi connectivity index (χ0n) is 8.79. The highest BCUT2D eigenvalue weighted by Crippen LogP contribution is 2.30. The number of hydrogen-bond acceptors (Lipinski definition) is 1. The lowest BCUT2D eigenvalue weighted by atomic mass is 10.2. The van der Waals surface area contributed by atoms with Crippen molar-refractivity contribution in [2.24, 2.45) is 0 Å². The number of hydrogen-bond donors (Lipinski definition) is 0. The molecule has 0 fully saturated rings. The van der Waals surface area contributed by atoms with Gasteiger partial charge in [-0.1, -0.05) is 23.7 Å². The first-order valence-electron chi connectivity index (χ1n) is 4.97. The van der Waals surface area contributed by atoms with E-state index in [1.54, 1.807) is 6.07 Å². The average molecular weight is 271 g/mol.